The Morgan fingerprint density at radius 1 is 1.32 bits per heavy atom. The number of hydrogen-bond donors (Lipinski definition) is 1. The van der Waals surface area contributed by atoms with Gasteiger partial charge in [-0.05, 0) is 37.4 Å². The minimum atomic E-state index is -4.12. The Bertz CT molecular complexity index is 377. The molecule has 1 N–H and O–H groups in total. The average Bonchev–Trinajstić information content (AvgIpc) is 2.38. The predicted molar refractivity (Wildman–Crippen MR) is 69.9 cm³/mol. The van der Waals surface area contributed by atoms with E-state index >= 15 is 0 Å². The molecule has 1 unspecified atom stereocenters. The van der Waals surface area contributed by atoms with Crippen LogP contribution in [0.5, 0.6) is 0 Å². The second-order valence-corrected chi connectivity index (χ2v) is 4.56. The molecule has 0 radical (unpaired) electrons. The van der Waals surface area contributed by atoms with Crippen molar-refractivity contribution in [1.29, 1.82) is 0 Å². The molecule has 1 heterocycles. The molecule has 0 spiro atoms. The fourth-order valence-corrected chi connectivity index (χ4v) is 2.03. The molecule has 108 valence electrons. The van der Waals surface area contributed by atoms with Crippen LogP contribution in [-0.2, 0) is 6.42 Å². The lowest BCUT2D eigenvalue weighted by Gasteiger charge is -2.21. The van der Waals surface area contributed by atoms with E-state index in [-0.39, 0.29) is 12.5 Å². The van der Waals surface area contributed by atoms with Gasteiger partial charge in [-0.1, -0.05) is 19.9 Å². The van der Waals surface area contributed by atoms with Gasteiger partial charge in [-0.15, -0.1) is 0 Å². The first kappa shape index (κ1) is 16.0. The van der Waals surface area contributed by atoms with Crippen molar-refractivity contribution in [2.45, 2.75) is 51.7 Å². The summed E-state index contributed by atoms with van der Waals surface area (Å²) in [6.07, 6.45) is -1.56. The van der Waals surface area contributed by atoms with E-state index < -0.39 is 12.6 Å². The van der Waals surface area contributed by atoms with Gasteiger partial charge in [0.25, 0.3) is 0 Å². The number of pyridine rings is 1. The van der Waals surface area contributed by atoms with Crippen molar-refractivity contribution < 1.29 is 13.2 Å². The number of hydrogen-bond acceptors (Lipinski definition) is 2. The molecule has 19 heavy (non-hydrogen) atoms. The van der Waals surface area contributed by atoms with Crippen LogP contribution in [0.25, 0.3) is 0 Å². The van der Waals surface area contributed by atoms with Crippen molar-refractivity contribution in [3.63, 3.8) is 0 Å². The van der Waals surface area contributed by atoms with Crippen molar-refractivity contribution in [2.75, 3.05) is 6.54 Å². The molecule has 1 rings (SSSR count). The van der Waals surface area contributed by atoms with Crippen LogP contribution in [0.4, 0.5) is 13.2 Å². The number of halogens is 3. The summed E-state index contributed by atoms with van der Waals surface area (Å²) in [4.78, 5) is 4.27. The maximum Gasteiger partial charge on any atom is 0.389 e. The summed E-state index contributed by atoms with van der Waals surface area (Å²) < 4.78 is 37.2. The second kappa shape index (κ2) is 7.48. The molecule has 0 bridgehead atoms. The van der Waals surface area contributed by atoms with E-state index in [1.165, 1.54) is 0 Å². The van der Waals surface area contributed by atoms with Gasteiger partial charge in [-0.2, -0.15) is 13.2 Å². The highest BCUT2D eigenvalue weighted by atomic mass is 19.4. The van der Waals surface area contributed by atoms with Gasteiger partial charge in [0.1, 0.15) is 0 Å². The van der Waals surface area contributed by atoms with Crippen LogP contribution in [0, 0.1) is 0 Å². The highest BCUT2D eigenvalue weighted by molar-refractivity contribution is 5.22. The van der Waals surface area contributed by atoms with Gasteiger partial charge >= 0.3 is 6.18 Å². The van der Waals surface area contributed by atoms with Crippen LogP contribution in [0.15, 0.2) is 18.3 Å². The number of rotatable bonds is 7. The third-order valence-corrected chi connectivity index (χ3v) is 2.99. The smallest absolute Gasteiger partial charge is 0.309 e. The van der Waals surface area contributed by atoms with E-state index in [2.05, 4.69) is 10.3 Å². The van der Waals surface area contributed by atoms with E-state index in [1.807, 2.05) is 26.0 Å². The summed E-state index contributed by atoms with van der Waals surface area (Å²) in [5.74, 6) is 0. The Labute approximate surface area is 112 Å². The summed E-state index contributed by atoms with van der Waals surface area (Å²) >= 11 is 0. The average molecular weight is 274 g/mol. The second-order valence-electron chi connectivity index (χ2n) is 4.56. The molecule has 1 aromatic heterocycles. The number of nitrogens with one attached hydrogen (secondary N) is 1. The van der Waals surface area contributed by atoms with Crippen molar-refractivity contribution >= 4 is 0 Å². The quantitative estimate of drug-likeness (QED) is 0.812. The maximum absolute atomic E-state index is 12.4. The Morgan fingerprint density at radius 2 is 2.05 bits per heavy atom. The number of aromatic nitrogens is 1. The summed E-state index contributed by atoms with van der Waals surface area (Å²) in [7, 11) is 0. The number of alkyl halides is 3. The summed E-state index contributed by atoms with van der Waals surface area (Å²) in [5, 5.41) is 3.17. The summed E-state index contributed by atoms with van der Waals surface area (Å²) in [6, 6.07) is 3.43. The molecular weight excluding hydrogens is 253 g/mol. The normalized spacial score (nSPS) is 13.5. The molecule has 0 aromatic carbocycles. The van der Waals surface area contributed by atoms with E-state index in [4.69, 9.17) is 0 Å². The molecule has 0 amide bonds. The van der Waals surface area contributed by atoms with Crippen LogP contribution in [0.2, 0.25) is 0 Å². The van der Waals surface area contributed by atoms with Crippen molar-refractivity contribution in [3.05, 3.63) is 29.6 Å². The summed E-state index contributed by atoms with van der Waals surface area (Å²) in [6.45, 7) is 4.68. The van der Waals surface area contributed by atoms with Gasteiger partial charge in [0.2, 0.25) is 0 Å². The zero-order valence-electron chi connectivity index (χ0n) is 11.4. The fraction of sp³-hybridized carbons (Fsp3) is 0.643. The molecule has 5 heteroatoms. The van der Waals surface area contributed by atoms with E-state index in [0.29, 0.717) is 6.54 Å². The highest BCUT2D eigenvalue weighted by Gasteiger charge is 2.29. The van der Waals surface area contributed by atoms with Gasteiger partial charge in [0.05, 0.1) is 11.7 Å². The molecule has 0 saturated carbocycles. The highest BCUT2D eigenvalue weighted by Crippen LogP contribution is 2.28. The third-order valence-electron chi connectivity index (χ3n) is 2.99. The van der Waals surface area contributed by atoms with Crippen molar-refractivity contribution in [3.8, 4) is 0 Å². The van der Waals surface area contributed by atoms with Gasteiger partial charge in [0.15, 0.2) is 0 Å². The topological polar surface area (TPSA) is 24.9 Å². The lowest BCUT2D eigenvalue weighted by molar-refractivity contribution is -0.136. The molecule has 0 aliphatic carbocycles. The number of nitrogens with zero attached hydrogens (tertiary/aromatic N) is 1. The first-order valence-electron chi connectivity index (χ1n) is 6.71. The summed E-state index contributed by atoms with van der Waals surface area (Å²) in [5.41, 5.74) is 1.76. The van der Waals surface area contributed by atoms with Crippen molar-refractivity contribution in [1.82, 2.24) is 10.3 Å². The molecular formula is C14H21F3N2. The Morgan fingerprint density at radius 3 is 2.63 bits per heavy atom. The lowest BCUT2D eigenvalue weighted by Crippen LogP contribution is -2.26. The zero-order valence-corrected chi connectivity index (χ0v) is 11.4. The monoisotopic (exact) mass is 274 g/mol. The Kier molecular flexibility index (Phi) is 6.28. The molecule has 1 aromatic rings. The molecule has 0 fully saturated rings. The minimum Gasteiger partial charge on any atom is -0.309 e. The van der Waals surface area contributed by atoms with Crippen LogP contribution >= 0.6 is 0 Å². The molecule has 0 aliphatic rings. The van der Waals surface area contributed by atoms with Crippen LogP contribution < -0.4 is 5.32 Å². The largest absolute Gasteiger partial charge is 0.389 e. The van der Waals surface area contributed by atoms with Crippen LogP contribution in [0.1, 0.15) is 50.4 Å². The first-order valence-corrected chi connectivity index (χ1v) is 6.71. The van der Waals surface area contributed by atoms with E-state index in [9.17, 15) is 13.2 Å². The molecule has 2 nitrogen and oxygen atoms in total. The number of aryl methyl sites for hydroxylation is 1. The van der Waals surface area contributed by atoms with Crippen LogP contribution in [-0.4, -0.2) is 17.7 Å². The Balaban J connectivity index is 2.82. The molecule has 0 aliphatic heterocycles. The van der Waals surface area contributed by atoms with Gasteiger partial charge < -0.3 is 5.32 Å². The predicted octanol–water partition coefficient (Wildman–Crippen LogP) is 4.03. The molecule has 0 saturated heterocycles. The van der Waals surface area contributed by atoms with Crippen molar-refractivity contribution in [2.24, 2.45) is 0 Å². The van der Waals surface area contributed by atoms with E-state index in [0.717, 1.165) is 24.1 Å². The zero-order chi connectivity index (χ0) is 14.3. The maximum atomic E-state index is 12.4. The Hall–Kier alpha value is -1.10. The van der Waals surface area contributed by atoms with Gasteiger partial charge in [-0.25, -0.2) is 0 Å². The fourth-order valence-electron chi connectivity index (χ4n) is 2.03. The third kappa shape index (κ3) is 5.59. The standard InChI is InChI=1S/C14H21F3N2/c1-3-9-18-12(7-8-14(15,16)17)13-11(4-2)6-5-10-19-13/h5-6,10,12,18H,3-4,7-9H2,1-2H3. The van der Waals surface area contributed by atoms with Gasteiger partial charge in [0, 0.05) is 12.6 Å². The van der Waals surface area contributed by atoms with Crippen LogP contribution in [0.3, 0.4) is 0 Å². The minimum absolute atomic E-state index is 0.0352. The molecule has 1 atom stereocenters. The van der Waals surface area contributed by atoms with Gasteiger partial charge in [-0.3, -0.25) is 4.98 Å². The SMILES string of the molecule is CCCNC(CCC(F)(F)F)c1ncccc1CC. The van der Waals surface area contributed by atoms with E-state index in [1.54, 1.807) is 6.20 Å². The first-order chi connectivity index (χ1) is 8.98. The lowest BCUT2D eigenvalue weighted by atomic mass is 10.0.